The molecule has 0 aliphatic carbocycles. The van der Waals surface area contributed by atoms with Gasteiger partial charge in [-0.2, -0.15) is 0 Å². The molecule has 3 aromatic heterocycles. The molecular weight excluding hydrogens is 341 g/mol. The Morgan fingerprint density at radius 1 is 0.926 bits per heavy atom. The van der Waals surface area contributed by atoms with Crippen LogP contribution in [-0.4, -0.2) is 19.5 Å². The fourth-order valence-electron chi connectivity index (χ4n) is 3.23. The molecule has 5 rings (SSSR count). The molecule has 2 aromatic carbocycles. The van der Waals surface area contributed by atoms with Crippen LogP contribution in [0.1, 0.15) is 0 Å². The van der Waals surface area contributed by atoms with Crippen LogP contribution < -0.4 is 5.73 Å². The first-order valence-corrected chi connectivity index (χ1v) is 8.45. The number of nitrogens with zero attached hydrogens (tertiary/aromatic N) is 4. The average Bonchev–Trinajstić information content (AvgIpc) is 3.10. The number of benzene rings is 2. The van der Waals surface area contributed by atoms with Crippen molar-refractivity contribution in [1.29, 1.82) is 0 Å². The maximum Gasteiger partial charge on any atom is 0.165 e. The van der Waals surface area contributed by atoms with Crippen LogP contribution in [0.3, 0.4) is 0 Å². The van der Waals surface area contributed by atoms with E-state index in [1.807, 2.05) is 41.1 Å². The number of rotatable bonds is 2. The van der Waals surface area contributed by atoms with Crippen molar-refractivity contribution in [3.05, 3.63) is 78.9 Å². The molecule has 0 atom stereocenters. The van der Waals surface area contributed by atoms with Crippen molar-refractivity contribution in [2.45, 2.75) is 0 Å². The van der Waals surface area contributed by atoms with Gasteiger partial charge in [0.25, 0.3) is 0 Å². The van der Waals surface area contributed by atoms with Gasteiger partial charge in [0.1, 0.15) is 17.5 Å². The number of aromatic nitrogens is 4. The molecule has 5 nitrogen and oxygen atoms in total. The van der Waals surface area contributed by atoms with Crippen LogP contribution in [0.25, 0.3) is 39.0 Å². The van der Waals surface area contributed by atoms with Crippen molar-refractivity contribution in [3.8, 4) is 17.2 Å². The summed E-state index contributed by atoms with van der Waals surface area (Å²) < 4.78 is 16.3. The minimum absolute atomic E-state index is 0.339. The molecule has 5 aromatic rings. The summed E-state index contributed by atoms with van der Waals surface area (Å²) in [6.07, 6.45) is 3.63. The van der Waals surface area contributed by atoms with Gasteiger partial charge >= 0.3 is 0 Å². The van der Waals surface area contributed by atoms with E-state index in [9.17, 15) is 4.39 Å². The second kappa shape index (κ2) is 5.88. The van der Waals surface area contributed by atoms with E-state index in [0.717, 1.165) is 21.8 Å². The largest absolute Gasteiger partial charge is 0.384 e. The lowest BCUT2D eigenvalue weighted by molar-refractivity contribution is 0.630. The van der Waals surface area contributed by atoms with Gasteiger partial charge in [-0.15, -0.1) is 0 Å². The number of fused-ring (bicyclic) bond motifs is 2. The van der Waals surface area contributed by atoms with E-state index in [-0.39, 0.29) is 5.82 Å². The highest BCUT2D eigenvalue weighted by molar-refractivity contribution is 5.91. The Labute approximate surface area is 153 Å². The summed E-state index contributed by atoms with van der Waals surface area (Å²) in [5.74, 6) is 1.07. The summed E-state index contributed by atoms with van der Waals surface area (Å²) in [5, 5.41) is 1.81. The van der Waals surface area contributed by atoms with Crippen molar-refractivity contribution in [3.63, 3.8) is 0 Å². The monoisotopic (exact) mass is 355 g/mol. The van der Waals surface area contributed by atoms with Gasteiger partial charge in [0.05, 0.1) is 16.6 Å². The average molecular weight is 355 g/mol. The maximum atomic E-state index is 14.3. The Hall–Kier alpha value is -3.80. The number of nitrogens with two attached hydrogens (primary N) is 1. The second-order valence-electron chi connectivity index (χ2n) is 6.22. The molecule has 27 heavy (non-hydrogen) atoms. The predicted octanol–water partition coefficient (Wildman–Crippen LogP) is 4.36. The number of halogens is 1. The molecule has 0 bridgehead atoms. The SMILES string of the molecule is Nc1cc2c(ccn2-c2nc(-c3ccccc3F)nc3ccccc23)cn1. The number of hydrogen-bond donors (Lipinski definition) is 1. The highest BCUT2D eigenvalue weighted by Gasteiger charge is 2.15. The number of para-hydroxylation sites is 1. The molecule has 130 valence electrons. The summed E-state index contributed by atoms with van der Waals surface area (Å²) >= 11 is 0. The van der Waals surface area contributed by atoms with Crippen molar-refractivity contribution in [2.75, 3.05) is 5.73 Å². The highest BCUT2D eigenvalue weighted by Crippen LogP contribution is 2.28. The van der Waals surface area contributed by atoms with Crippen molar-refractivity contribution in [1.82, 2.24) is 19.5 Å². The summed E-state index contributed by atoms with van der Waals surface area (Å²) in [6.45, 7) is 0. The second-order valence-corrected chi connectivity index (χ2v) is 6.22. The third-order valence-corrected chi connectivity index (χ3v) is 4.52. The fourth-order valence-corrected chi connectivity index (χ4v) is 3.23. The molecule has 0 saturated heterocycles. The van der Waals surface area contributed by atoms with E-state index in [0.29, 0.717) is 23.0 Å². The molecule has 0 unspecified atom stereocenters. The Morgan fingerprint density at radius 3 is 2.63 bits per heavy atom. The summed E-state index contributed by atoms with van der Waals surface area (Å²) in [7, 11) is 0. The summed E-state index contributed by atoms with van der Waals surface area (Å²) in [4.78, 5) is 13.4. The van der Waals surface area contributed by atoms with Crippen LogP contribution in [-0.2, 0) is 0 Å². The van der Waals surface area contributed by atoms with Gasteiger partial charge < -0.3 is 10.3 Å². The van der Waals surface area contributed by atoms with Gasteiger partial charge in [-0.25, -0.2) is 19.3 Å². The van der Waals surface area contributed by atoms with Crippen molar-refractivity contribution < 1.29 is 4.39 Å². The number of anilines is 1. The van der Waals surface area contributed by atoms with E-state index in [1.165, 1.54) is 6.07 Å². The Morgan fingerprint density at radius 2 is 1.74 bits per heavy atom. The molecule has 2 N–H and O–H groups in total. The topological polar surface area (TPSA) is 69.6 Å². The molecule has 3 heterocycles. The van der Waals surface area contributed by atoms with Crippen LogP contribution in [0.15, 0.2) is 73.1 Å². The maximum absolute atomic E-state index is 14.3. The van der Waals surface area contributed by atoms with Crippen LogP contribution in [0.2, 0.25) is 0 Å². The van der Waals surface area contributed by atoms with Crippen LogP contribution in [0.5, 0.6) is 0 Å². The minimum atomic E-state index is -0.357. The molecule has 0 aliphatic heterocycles. The smallest absolute Gasteiger partial charge is 0.165 e. The first kappa shape index (κ1) is 15.5. The van der Waals surface area contributed by atoms with E-state index in [2.05, 4.69) is 9.97 Å². The quantitative estimate of drug-likeness (QED) is 0.511. The lowest BCUT2D eigenvalue weighted by atomic mass is 10.1. The Balaban J connectivity index is 1.85. The normalized spacial score (nSPS) is 11.3. The van der Waals surface area contributed by atoms with Gasteiger partial charge in [-0.1, -0.05) is 24.3 Å². The van der Waals surface area contributed by atoms with Crippen LogP contribution in [0.4, 0.5) is 10.2 Å². The van der Waals surface area contributed by atoms with E-state index in [4.69, 9.17) is 10.7 Å². The molecule has 0 amide bonds. The zero-order valence-electron chi connectivity index (χ0n) is 14.2. The molecular formula is C21H14FN5. The minimum Gasteiger partial charge on any atom is -0.384 e. The van der Waals surface area contributed by atoms with Crippen LogP contribution >= 0.6 is 0 Å². The fraction of sp³-hybridized carbons (Fsp3) is 0. The number of pyridine rings is 1. The lowest BCUT2D eigenvalue weighted by Crippen LogP contribution is -2.02. The molecule has 6 heteroatoms. The summed E-state index contributed by atoms with van der Waals surface area (Å²) in [6, 6.07) is 17.9. The van der Waals surface area contributed by atoms with Gasteiger partial charge in [0, 0.05) is 29.2 Å². The van der Waals surface area contributed by atoms with Crippen LogP contribution in [0, 0.1) is 5.82 Å². The number of nitrogen functional groups attached to an aromatic ring is 1. The third kappa shape index (κ3) is 2.50. The van der Waals surface area contributed by atoms with E-state index < -0.39 is 0 Å². The summed E-state index contributed by atoms with van der Waals surface area (Å²) in [5.41, 5.74) is 7.86. The molecule has 0 saturated carbocycles. The van der Waals surface area contributed by atoms with Gasteiger partial charge in [0.15, 0.2) is 5.82 Å². The van der Waals surface area contributed by atoms with E-state index in [1.54, 1.807) is 30.5 Å². The number of hydrogen-bond acceptors (Lipinski definition) is 4. The molecule has 0 fully saturated rings. The third-order valence-electron chi connectivity index (χ3n) is 4.52. The van der Waals surface area contributed by atoms with E-state index >= 15 is 0 Å². The van der Waals surface area contributed by atoms with Gasteiger partial charge in [0.2, 0.25) is 0 Å². The highest BCUT2D eigenvalue weighted by atomic mass is 19.1. The first-order chi connectivity index (χ1) is 13.2. The van der Waals surface area contributed by atoms with Crippen molar-refractivity contribution in [2.24, 2.45) is 0 Å². The zero-order chi connectivity index (χ0) is 18.4. The predicted molar refractivity (Wildman–Crippen MR) is 104 cm³/mol. The Bertz CT molecular complexity index is 1310. The standard InChI is InChI=1S/C21H14FN5/c22-16-7-3-1-5-14(16)20-25-17-8-4-2-6-15(17)21(26-20)27-10-9-13-12-24-19(23)11-18(13)27/h1-12H,(H2,23,24). The van der Waals surface area contributed by atoms with Gasteiger partial charge in [-0.05, 0) is 30.3 Å². The molecule has 0 spiro atoms. The molecule has 0 radical (unpaired) electrons. The Kier molecular flexibility index (Phi) is 3.36. The first-order valence-electron chi connectivity index (χ1n) is 8.45. The lowest BCUT2D eigenvalue weighted by Gasteiger charge is -2.11. The molecule has 0 aliphatic rings. The van der Waals surface area contributed by atoms with Crippen molar-refractivity contribution >= 4 is 27.6 Å². The zero-order valence-corrected chi connectivity index (χ0v) is 14.2. The van der Waals surface area contributed by atoms with Gasteiger partial charge in [-0.3, -0.25) is 0 Å².